The second-order valence-corrected chi connectivity index (χ2v) is 15.6. The Morgan fingerprint density at radius 3 is 1.96 bits per heavy atom. The lowest BCUT2D eigenvalue weighted by Gasteiger charge is -2.26. The standard InChI is InChI=1S/C41H45IN8O5S/c1-24(51)47-34(21-26-12-15-27-7-2-3-8-28(27)19-26)39(54)48-32(10-6-18-46-41(44)45)38(53)50-35(20-25-13-16-30(42)17-14-25)40(55)49-33(37(43)52)22-29-23-56-36-11-5-4-9-31(29)36/h2-5,7-9,11-17,19,23,32-35H,6,10,18,20-22H2,1H3,(H2,43,52)(H,47,51)(H,48,54)(H,49,55)(H,50,53)(H4,44,45,46)/t32-,33-,34-,35+/m0/s1. The van der Waals surface area contributed by atoms with Crippen molar-refractivity contribution in [2.75, 3.05) is 6.54 Å². The minimum absolute atomic E-state index is 0.0759. The molecule has 5 amide bonds. The molecular formula is C41H45IN8O5S. The van der Waals surface area contributed by atoms with Crippen LogP contribution in [-0.2, 0) is 43.2 Å². The Labute approximate surface area is 342 Å². The van der Waals surface area contributed by atoms with Gasteiger partial charge in [-0.2, -0.15) is 0 Å². The number of hydrogen-bond donors (Lipinski definition) is 7. The van der Waals surface area contributed by atoms with Crippen LogP contribution >= 0.6 is 33.9 Å². The van der Waals surface area contributed by atoms with Crippen molar-refractivity contribution in [3.8, 4) is 0 Å². The molecule has 0 aliphatic carbocycles. The van der Waals surface area contributed by atoms with E-state index in [9.17, 15) is 24.0 Å². The van der Waals surface area contributed by atoms with E-state index in [2.05, 4.69) is 48.9 Å². The number of nitrogens with one attached hydrogen (secondary N) is 4. The zero-order valence-corrected chi connectivity index (χ0v) is 33.8. The lowest BCUT2D eigenvalue weighted by atomic mass is 10.00. The first-order chi connectivity index (χ1) is 26.9. The zero-order chi connectivity index (χ0) is 40.2. The van der Waals surface area contributed by atoms with Crippen LogP contribution in [0.1, 0.15) is 36.5 Å². The van der Waals surface area contributed by atoms with Crippen LogP contribution in [0.5, 0.6) is 0 Å². The fraction of sp³-hybridized carbons (Fsp3) is 0.268. The predicted molar refractivity (Wildman–Crippen MR) is 229 cm³/mol. The maximum atomic E-state index is 14.2. The summed E-state index contributed by atoms with van der Waals surface area (Å²) in [5.41, 5.74) is 19.3. The average molecular weight is 889 g/mol. The second-order valence-electron chi connectivity index (χ2n) is 13.5. The van der Waals surface area contributed by atoms with Gasteiger partial charge in [0.1, 0.15) is 24.2 Å². The number of fused-ring (bicyclic) bond motifs is 2. The van der Waals surface area contributed by atoms with E-state index in [0.29, 0.717) is 6.42 Å². The third kappa shape index (κ3) is 12.0. The Morgan fingerprint density at radius 1 is 0.679 bits per heavy atom. The molecule has 292 valence electrons. The van der Waals surface area contributed by atoms with Crippen LogP contribution < -0.4 is 38.5 Å². The average Bonchev–Trinajstić information content (AvgIpc) is 3.58. The number of benzene rings is 4. The summed E-state index contributed by atoms with van der Waals surface area (Å²) in [7, 11) is 0. The van der Waals surface area contributed by atoms with Crippen LogP contribution in [0, 0.1) is 3.57 Å². The zero-order valence-electron chi connectivity index (χ0n) is 30.8. The Bertz CT molecular complexity index is 2220. The minimum atomic E-state index is -1.16. The first-order valence-electron chi connectivity index (χ1n) is 18.1. The number of carbonyl (C=O) groups is 5. The van der Waals surface area contributed by atoms with Gasteiger partial charge < -0.3 is 38.5 Å². The number of guanidine groups is 1. The summed E-state index contributed by atoms with van der Waals surface area (Å²) in [5, 5.41) is 16.0. The number of carbonyl (C=O) groups excluding carboxylic acids is 5. The molecule has 0 saturated heterocycles. The molecule has 0 saturated carbocycles. The van der Waals surface area contributed by atoms with E-state index in [4.69, 9.17) is 17.2 Å². The molecule has 0 bridgehead atoms. The first-order valence-corrected chi connectivity index (χ1v) is 20.0. The highest BCUT2D eigenvalue weighted by Crippen LogP contribution is 2.26. The van der Waals surface area contributed by atoms with Gasteiger partial charge in [0.2, 0.25) is 29.5 Å². The summed E-state index contributed by atoms with van der Waals surface area (Å²) < 4.78 is 2.01. The first kappa shape index (κ1) is 41.6. The number of hydrogen-bond acceptors (Lipinski definition) is 7. The van der Waals surface area contributed by atoms with E-state index in [1.54, 1.807) is 0 Å². The maximum absolute atomic E-state index is 14.2. The molecular weight excluding hydrogens is 843 g/mol. The number of aliphatic imine (C=N–C) groups is 1. The van der Waals surface area contributed by atoms with Gasteiger partial charge in [0, 0.05) is 41.0 Å². The molecule has 0 aliphatic heterocycles. The summed E-state index contributed by atoms with van der Waals surface area (Å²) >= 11 is 3.70. The molecule has 56 heavy (non-hydrogen) atoms. The van der Waals surface area contributed by atoms with Gasteiger partial charge in [0.25, 0.3) is 0 Å². The van der Waals surface area contributed by atoms with Crippen molar-refractivity contribution in [1.29, 1.82) is 0 Å². The molecule has 13 nitrogen and oxygen atoms in total. The van der Waals surface area contributed by atoms with Crippen LogP contribution in [0.3, 0.4) is 0 Å². The van der Waals surface area contributed by atoms with E-state index in [1.165, 1.54) is 18.3 Å². The number of nitrogens with two attached hydrogens (primary N) is 3. The molecule has 4 atom stereocenters. The molecule has 10 N–H and O–H groups in total. The predicted octanol–water partition coefficient (Wildman–Crippen LogP) is 3.19. The van der Waals surface area contributed by atoms with Gasteiger partial charge in [0.05, 0.1) is 0 Å². The topological polar surface area (TPSA) is 224 Å². The van der Waals surface area contributed by atoms with Gasteiger partial charge in [-0.05, 0) is 91.9 Å². The molecule has 0 unspecified atom stereocenters. The number of halogens is 1. The molecule has 1 aromatic heterocycles. The smallest absolute Gasteiger partial charge is 0.243 e. The van der Waals surface area contributed by atoms with E-state index in [1.807, 2.05) is 96.4 Å². The van der Waals surface area contributed by atoms with Crippen LogP contribution in [0.4, 0.5) is 0 Å². The maximum Gasteiger partial charge on any atom is 0.243 e. The van der Waals surface area contributed by atoms with Crippen molar-refractivity contribution in [2.45, 2.75) is 63.2 Å². The highest BCUT2D eigenvalue weighted by Gasteiger charge is 2.31. The lowest BCUT2D eigenvalue weighted by Crippen LogP contribution is -2.59. The van der Waals surface area contributed by atoms with E-state index in [0.717, 1.165) is 41.1 Å². The van der Waals surface area contributed by atoms with Crippen molar-refractivity contribution in [3.63, 3.8) is 0 Å². The number of nitrogens with zero attached hydrogens (tertiary/aromatic N) is 1. The van der Waals surface area contributed by atoms with E-state index in [-0.39, 0.29) is 38.2 Å². The van der Waals surface area contributed by atoms with Crippen molar-refractivity contribution < 1.29 is 24.0 Å². The molecule has 0 radical (unpaired) electrons. The Hall–Kier alpha value is -5.55. The second kappa shape index (κ2) is 19.9. The highest BCUT2D eigenvalue weighted by molar-refractivity contribution is 14.1. The molecule has 0 spiro atoms. The molecule has 1 heterocycles. The van der Waals surface area contributed by atoms with Gasteiger partial charge in [-0.25, -0.2) is 0 Å². The number of rotatable bonds is 18. The summed E-state index contributed by atoms with van der Waals surface area (Å²) in [4.78, 5) is 71.1. The molecule has 0 aliphatic rings. The van der Waals surface area contributed by atoms with Gasteiger partial charge in [0.15, 0.2) is 5.96 Å². The molecule has 0 fully saturated rings. The number of amides is 5. The number of primary amides is 1. The van der Waals surface area contributed by atoms with Gasteiger partial charge >= 0.3 is 0 Å². The van der Waals surface area contributed by atoms with Gasteiger partial charge in [-0.15, -0.1) is 11.3 Å². The monoisotopic (exact) mass is 888 g/mol. The number of thiophene rings is 1. The Kier molecular flexibility index (Phi) is 14.8. The van der Waals surface area contributed by atoms with Crippen LogP contribution in [0.2, 0.25) is 0 Å². The van der Waals surface area contributed by atoms with Crippen LogP contribution in [0.15, 0.2) is 101 Å². The fourth-order valence-electron chi connectivity index (χ4n) is 6.34. The molecule has 15 heteroatoms. The fourth-order valence-corrected chi connectivity index (χ4v) is 7.68. The van der Waals surface area contributed by atoms with E-state index < -0.39 is 53.7 Å². The Morgan fingerprint density at radius 2 is 1.27 bits per heavy atom. The highest BCUT2D eigenvalue weighted by atomic mass is 127. The summed E-state index contributed by atoms with van der Waals surface area (Å²) in [6.45, 7) is 1.49. The van der Waals surface area contributed by atoms with Crippen molar-refractivity contribution >= 4 is 90.3 Å². The molecule has 5 rings (SSSR count). The third-order valence-corrected chi connectivity index (χ3v) is 10.9. The third-order valence-electron chi connectivity index (χ3n) is 9.16. The van der Waals surface area contributed by atoms with Crippen LogP contribution in [-0.4, -0.2) is 66.2 Å². The van der Waals surface area contributed by atoms with Crippen molar-refractivity contribution in [2.24, 2.45) is 22.2 Å². The van der Waals surface area contributed by atoms with E-state index >= 15 is 0 Å². The summed E-state index contributed by atoms with van der Waals surface area (Å²) in [5.74, 6) is -3.14. The Balaban J connectivity index is 1.38. The molecule has 5 aromatic rings. The summed E-state index contributed by atoms with van der Waals surface area (Å²) in [6, 6.07) is 24.4. The van der Waals surface area contributed by atoms with Gasteiger partial charge in [-0.1, -0.05) is 72.8 Å². The molecule has 4 aromatic carbocycles. The van der Waals surface area contributed by atoms with Gasteiger partial charge in [-0.3, -0.25) is 29.0 Å². The minimum Gasteiger partial charge on any atom is -0.370 e. The quantitative estimate of drug-likeness (QED) is 0.0301. The normalized spacial score (nSPS) is 13.2. The van der Waals surface area contributed by atoms with Crippen LogP contribution in [0.25, 0.3) is 20.9 Å². The lowest BCUT2D eigenvalue weighted by molar-refractivity contribution is -0.134. The largest absolute Gasteiger partial charge is 0.370 e. The van der Waals surface area contributed by atoms with Crippen molar-refractivity contribution in [1.82, 2.24) is 21.3 Å². The SMILES string of the molecule is CC(=O)N[C@@H](Cc1ccc2ccccc2c1)C(=O)N[C@@H](CCCN=C(N)N)C(=O)N[C@H](Cc1ccc(I)cc1)C(=O)N[C@@H](Cc1csc2ccccc12)C(N)=O. The summed E-state index contributed by atoms with van der Waals surface area (Å²) in [6.07, 6.45) is 0.791. The van der Waals surface area contributed by atoms with Crippen molar-refractivity contribution in [3.05, 3.63) is 117 Å².